The number of piperazine rings is 1. The highest BCUT2D eigenvalue weighted by molar-refractivity contribution is 5.68. The number of aromatic nitrogens is 1. The second-order valence-corrected chi connectivity index (χ2v) is 8.21. The van der Waals surface area contributed by atoms with Crippen molar-refractivity contribution in [1.29, 1.82) is 0 Å². The Bertz CT molecular complexity index is 858. The number of alkyl halides is 3. The minimum atomic E-state index is -4.84. The van der Waals surface area contributed by atoms with Crippen molar-refractivity contribution in [2.75, 3.05) is 38.5 Å². The van der Waals surface area contributed by atoms with Gasteiger partial charge in [0.15, 0.2) is 11.6 Å². The highest BCUT2D eigenvalue weighted by Crippen LogP contribution is 2.40. The zero-order valence-electron chi connectivity index (χ0n) is 18.5. The lowest BCUT2D eigenvalue weighted by molar-refractivity contribution is -0.274. The van der Waals surface area contributed by atoms with Gasteiger partial charge in [-0.2, -0.15) is 0 Å². The van der Waals surface area contributed by atoms with Crippen LogP contribution in [0.25, 0.3) is 5.57 Å². The van der Waals surface area contributed by atoms with Gasteiger partial charge >= 0.3 is 6.36 Å². The second-order valence-electron chi connectivity index (χ2n) is 8.21. The van der Waals surface area contributed by atoms with Gasteiger partial charge in [-0.3, -0.25) is 0 Å². The number of nitrogens with zero attached hydrogens (tertiary/aromatic N) is 3. The molecule has 176 valence electrons. The first-order chi connectivity index (χ1) is 15.2. The van der Waals surface area contributed by atoms with Crippen molar-refractivity contribution in [2.45, 2.75) is 39.0 Å². The van der Waals surface area contributed by atoms with Gasteiger partial charge in [0.2, 0.25) is 0 Å². The van der Waals surface area contributed by atoms with E-state index < -0.39 is 12.1 Å². The van der Waals surface area contributed by atoms with E-state index in [0.717, 1.165) is 69.0 Å². The largest absolute Gasteiger partial charge is 0.573 e. The molecule has 0 bridgehead atoms. The predicted octanol–water partition coefficient (Wildman–Crippen LogP) is 4.35. The van der Waals surface area contributed by atoms with E-state index in [4.69, 9.17) is 5.73 Å². The van der Waals surface area contributed by atoms with E-state index in [2.05, 4.69) is 33.1 Å². The molecule has 2 aliphatic rings. The Morgan fingerprint density at radius 1 is 1.34 bits per heavy atom. The lowest BCUT2D eigenvalue weighted by Gasteiger charge is -2.31. The third-order valence-electron chi connectivity index (χ3n) is 5.77. The zero-order valence-corrected chi connectivity index (χ0v) is 18.5. The van der Waals surface area contributed by atoms with Crippen molar-refractivity contribution >= 4 is 11.4 Å². The first kappa shape index (κ1) is 24.1. The maximum absolute atomic E-state index is 12.7. The van der Waals surface area contributed by atoms with Crippen molar-refractivity contribution < 1.29 is 17.9 Å². The molecule has 9 heteroatoms. The number of hydrogen-bond donors (Lipinski definition) is 2. The number of allylic oxidation sites excluding steroid dienone is 2. The number of halogens is 3. The Hall–Kier alpha value is -2.52. The molecule has 0 aromatic carbocycles. The SMILES string of the molecule is C=C(CCN1CCNCC1)N(/C=C(\CC)c1cnc(N)c(OC(F)(F)F)c1)C(=C)C1CC1. The third kappa shape index (κ3) is 6.74. The Morgan fingerprint density at radius 3 is 2.62 bits per heavy atom. The fraction of sp³-hybridized carbons (Fsp3) is 0.522. The molecule has 1 saturated carbocycles. The van der Waals surface area contributed by atoms with Crippen LogP contribution < -0.4 is 15.8 Å². The van der Waals surface area contributed by atoms with Crippen molar-refractivity contribution in [3.05, 3.63) is 48.6 Å². The molecule has 1 aromatic heterocycles. The maximum Gasteiger partial charge on any atom is 0.573 e. The average molecular weight is 452 g/mol. The molecule has 1 aliphatic heterocycles. The molecule has 0 radical (unpaired) electrons. The Kier molecular flexibility index (Phi) is 7.84. The summed E-state index contributed by atoms with van der Waals surface area (Å²) in [5, 5.41) is 3.35. The van der Waals surface area contributed by atoms with E-state index in [9.17, 15) is 13.2 Å². The molecule has 1 aromatic rings. The molecular weight excluding hydrogens is 419 g/mol. The lowest BCUT2D eigenvalue weighted by Crippen LogP contribution is -2.44. The summed E-state index contributed by atoms with van der Waals surface area (Å²) in [6, 6.07) is 1.28. The molecule has 2 fully saturated rings. The van der Waals surface area contributed by atoms with Crippen LogP contribution in [0.2, 0.25) is 0 Å². The number of anilines is 1. The third-order valence-corrected chi connectivity index (χ3v) is 5.77. The number of rotatable bonds is 10. The number of pyridine rings is 1. The van der Waals surface area contributed by atoms with Crippen molar-refractivity contribution in [1.82, 2.24) is 20.1 Å². The number of ether oxygens (including phenoxy) is 1. The van der Waals surface area contributed by atoms with E-state index in [1.807, 2.05) is 18.0 Å². The van der Waals surface area contributed by atoms with Gasteiger partial charge in [0, 0.05) is 68.5 Å². The predicted molar refractivity (Wildman–Crippen MR) is 120 cm³/mol. The topological polar surface area (TPSA) is 66.7 Å². The van der Waals surface area contributed by atoms with Crippen LogP contribution in [-0.4, -0.2) is 53.9 Å². The van der Waals surface area contributed by atoms with Gasteiger partial charge in [0.05, 0.1) is 0 Å². The monoisotopic (exact) mass is 451 g/mol. The summed E-state index contributed by atoms with van der Waals surface area (Å²) in [4.78, 5) is 8.32. The fourth-order valence-corrected chi connectivity index (χ4v) is 3.70. The molecule has 1 aliphatic carbocycles. The summed E-state index contributed by atoms with van der Waals surface area (Å²) in [5.41, 5.74) is 8.80. The Morgan fingerprint density at radius 2 is 2.03 bits per heavy atom. The van der Waals surface area contributed by atoms with Crippen molar-refractivity contribution in [3.8, 4) is 5.75 Å². The summed E-state index contributed by atoms with van der Waals surface area (Å²) in [5.74, 6) is -0.394. The minimum Gasteiger partial charge on any atom is -0.402 e. The average Bonchev–Trinajstić information content (AvgIpc) is 3.59. The number of hydrogen-bond acceptors (Lipinski definition) is 6. The second kappa shape index (κ2) is 10.4. The van der Waals surface area contributed by atoms with E-state index in [0.29, 0.717) is 17.9 Å². The van der Waals surface area contributed by atoms with Crippen LogP contribution in [0.15, 0.2) is 43.0 Å². The van der Waals surface area contributed by atoms with Crippen LogP contribution in [0.1, 0.15) is 38.2 Å². The van der Waals surface area contributed by atoms with Crippen LogP contribution >= 0.6 is 0 Å². The van der Waals surface area contributed by atoms with Crippen LogP contribution in [0, 0.1) is 5.92 Å². The number of nitrogen functional groups attached to an aromatic ring is 1. The molecule has 32 heavy (non-hydrogen) atoms. The first-order valence-corrected chi connectivity index (χ1v) is 11.0. The zero-order chi connectivity index (χ0) is 23.3. The normalized spacial score (nSPS) is 17.8. The first-order valence-electron chi connectivity index (χ1n) is 11.0. The highest BCUT2D eigenvalue weighted by Gasteiger charge is 2.33. The van der Waals surface area contributed by atoms with E-state index in [-0.39, 0.29) is 5.82 Å². The van der Waals surface area contributed by atoms with Crippen molar-refractivity contribution in [2.24, 2.45) is 5.92 Å². The molecule has 6 nitrogen and oxygen atoms in total. The van der Waals surface area contributed by atoms with Gasteiger partial charge in [-0.1, -0.05) is 20.1 Å². The Labute approximate surface area is 187 Å². The van der Waals surface area contributed by atoms with Gasteiger partial charge in [0.25, 0.3) is 0 Å². The fourth-order valence-electron chi connectivity index (χ4n) is 3.70. The summed E-state index contributed by atoms with van der Waals surface area (Å²) >= 11 is 0. The van der Waals surface area contributed by atoms with E-state index >= 15 is 0 Å². The molecule has 2 heterocycles. The van der Waals surface area contributed by atoms with Gasteiger partial charge in [-0.05, 0) is 36.8 Å². The summed E-state index contributed by atoms with van der Waals surface area (Å²) in [7, 11) is 0. The molecule has 3 rings (SSSR count). The quantitative estimate of drug-likeness (QED) is 0.552. The molecule has 0 atom stereocenters. The van der Waals surface area contributed by atoms with Crippen LogP contribution in [0.5, 0.6) is 5.75 Å². The van der Waals surface area contributed by atoms with Crippen LogP contribution in [0.4, 0.5) is 19.0 Å². The minimum absolute atomic E-state index is 0.304. The maximum atomic E-state index is 12.7. The van der Waals surface area contributed by atoms with Crippen molar-refractivity contribution in [3.63, 3.8) is 0 Å². The van der Waals surface area contributed by atoms with Gasteiger partial charge in [-0.25, -0.2) is 4.98 Å². The molecule has 0 spiro atoms. The number of nitrogens with one attached hydrogen (secondary N) is 1. The number of nitrogens with two attached hydrogens (primary N) is 1. The summed E-state index contributed by atoms with van der Waals surface area (Å²) in [6.07, 6.45) is 2.08. The highest BCUT2D eigenvalue weighted by atomic mass is 19.4. The molecule has 1 saturated heterocycles. The van der Waals surface area contributed by atoms with E-state index in [1.54, 1.807) is 0 Å². The lowest BCUT2D eigenvalue weighted by atomic mass is 10.1. The van der Waals surface area contributed by atoms with Gasteiger partial charge in [0.1, 0.15) is 0 Å². The smallest absolute Gasteiger partial charge is 0.402 e. The standard InChI is InChI=1S/C23H32F3N5O/c1-4-18(20-13-21(22(27)29-14-20)32-23(24,25)26)15-31(17(3)19-5-6-19)16(2)7-10-30-11-8-28-9-12-30/h13-15,19,28H,2-12H2,1H3,(H2,27,29)/b18-15+. The Balaban J connectivity index is 1.81. The molecule has 0 unspecified atom stereocenters. The molecule has 0 amide bonds. The van der Waals surface area contributed by atoms with Crippen LogP contribution in [0.3, 0.4) is 0 Å². The van der Waals surface area contributed by atoms with Gasteiger partial charge in [-0.15, -0.1) is 13.2 Å². The van der Waals surface area contributed by atoms with Crippen LogP contribution in [-0.2, 0) is 0 Å². The summed E-state index contributed by atoms with van der Waals surface area (Å²) in [6.45, 7) is 15.4. The van der Waals surface area contributed by atoms with E-state index in [1.165, 1.54) is 12.3 Å². The van der Waals surface area contributed by atoms with Gasteiger partial charge < -0.3 is 25.6 Å². The molecule has 3 N–H and O–H groups in total. The summed E-state index contributed by atoms with van der Waals surface area (Å²) < 4.78 is 42.2. The molecular formula is C23H32F3N5O.